The summed E-state index contributed by atoms with van der Waals surface area (Å²) in [6, 6.07) is 0. The quantitative estimate of drug-likeness (QED) is 0.588. The van der Waals surface area contributed by atoms with Crippen molar-refractivity contribution in [2.45, 2.75) is 18.3 Å². The van der Waals surface area contributed by atoms with Gasteiger partial charge in [-0.1, -0.05) is 0 Å². The Hall–Kier alpha value is -0.200. The van der Waals surface area contributed by atoms with Crippen molar-refractivity contribution >= 4 is 0 Å². The molecule has 0 fully saturated rings. The number of ether oxygens (including phenoxy) is 4. The Kier molecular flexibility index (Phi) is 8.02. The average Bonchev–Trinajstić information content (AvgIpc) is 2.23. The van der Waals surface area contributed by atoms with Crippen LogP contribution < -0.4 is 5.73 Å². The zero-order chi connectivity index (χ0) is 11.0. The molecule has 0 aromatic carbocycles. The summed E-state index contributed by atoms with van der Waals surface area (Å²) >= 11 is 0. The molecule has 0 radical (unpaired) electrons. The van der Waals surface area contributed by atoms with Gasteiger partial charge in [-0.05, 0) is 0 Å². The second-order valence-electron chi connectivity index (χ2n) is 2.94. The van der Waals surface area contributed by atoms with E-state index in [-0.39, 0.29) is 18.3 Å². The fourth-order valence-electron chi connectivity index (χ4n) is 1.37. The van der Waals surface area contributed by atoms with E-state index in [2.05, 4.69) is 0 Å². The molecule has 86 valence electrons. The molecular formula is C9H21NO4. The minimum Gasteiger partial charge on any atom is -0.382 e. The Balaban J connectivity index is 4.31. The zero-order valence-corrected chi connectivity index (χ0v) is 9.36. The molecule has 0 saturated carbocycles. The summed E-state index contributed by atoms with van der Waals surface area (Å²) in [5.41, 5.74) is 5.55. The van der Waals surface area contributed by atoms with E-state index in [1.165, 1.54) is 0 Å². The van der Waals surface area contributed by atoms with Crippen LogP contribution in [0.3, 0.4) is 0 Å². The lowest BCUT2D eigenvalue weighted by Gasteiger charge is -2.29. The van der Waals surface area contributed by atoms with Crippen LogP contribution in [0.25, 0.3) is 0 Å². The van der Waals surface area contributed by atoms with Crippen molar-refractivity contribution in [2.24, 2.45) is 5.73 Å². The van der Waals surface area contributed by atoms with Crippen molar-refractivity contribution in [3.8, 4) is 0 Å². The van der Waals surface area contributed by atoms with E-state index in [9.17, 15) is 0 Å². The fraction of sp³-hybridized carbons (Fsp3) is 1.00. The molecule has 0 spiro atoms. The minimum atomic E-state index is -0.213. The Bertz CT molecular complexity index is 130. The van der Waals surface area contributed by atoms with Crippen LogP contribution in [-0.2, 0) is 18.9 Å². The van der Waals surface area contributed by atoms with Crippen molar-refractivity contribution in [2.75, 3.05) is 41.6 Å². The van der Waals surface area contributed by atoms with Gasteiger partial charge >= 0.3 is 0 Å². The number of hydrogen-bond acceptors (Lipinski definition) is 5. The Morgan fingerprint density at radius 1 is 0.929 bits per heavy atom. The molecule has 2 N–H and O–H groups in total. The van der Waals surface area contributed by atoms with Crippen LogP contribution in [-0.4, -0.2) is 59.9 Å². The molecule has 0 aliphatic carbocycles. The normalized spacial score (nSPS) is 17.8. The molecule has 0 aliphatic heterocycles. The highest BCUT2D eigenvalue weighted by Gasteiger charge is 2.28. The standard InChI is InChI=1S/C9H21NO4/c1-11-6-8(13-3)9(14-4)7(5-10)12-2/h7-9H,5-6,10H2,1-4H3. The first kappa shape index (κ1) is 13.8. The highest BCUT2D eigenvalue weighted by Crippen LogP contribution is 2.10. The van der Waals surface area contributed by atoms with E-state index in [1.54, 1.807) is 28.4 Å². The predicted octanol–water partition coefficient (Wildman–Crippen LogP) is -0.363. The molecule has 0 amide bonds. The summed E-state index contributed by atoms with van der Waals surface area (Å²) in [4.78, 5) is 0. The highest BCUT2D eigenvalue weighted by molar-refractivity contribution is 4.79. The van der Waals surface area contributed by atoms with E-state index < -0.39 is 0 Å². The largest absolute Gasteiger partial charge is 0.382 e. The molecule has 0 bridgehead atoms. The van der Waals surface area contributed by atoms with Gasteiger partial charge in [-0.15, -0.1) is 0 Å². The van der Waals surface area contributed by atoms with Gasteiger partial charge in [0, 0.05) is 35.0 Å². The summed E-state index contributed by atoms with van der Waals surface area (Å²) in [6.45, 7) is 0.841. The van der Waals surface area contributed by atoms with Crippen LogP contribution >= 0.6 is 0 Å². The summed E-state index contributed by atoms with van der Waals surface area (Å²) in [5.74, 6) is 0. The Morgan fingerprint density at radius 2 is 1.50 bits per heavy atom. The molecule has 0 aromatic rings. The molecule has 3 unspecified atom stereocenters. The van der Waals surface area contributed by atoms with Gasteiger partial charge in [0.15, 0.2) is 0 Å². The third-order valence-electron chi connectivity index (χ3n) is 2.17. The number of hydrogen-bond donors (Lipinski definition) is 1. The van der Waals surface area contributed by atoms with E-state index in [1.807, 2.05) is 0 Å². The van der Waals surface area contributed by atoms with Gasteiger partial charge in [-0.2, -0.15) is 0 Å². The van der Waals surface area contributed by atoms with Crippen LogP contribution in [0.1, 0.15) is 0 Å². The van der Waals surface area contributed by atoms with E-state index >= 15 is 0 Å². The molecule has 5 heteroatoms. The second kappa shape index (κ2) is 8.14. The maximum absolute atomic E-state index is 5.55. The maximum atomic E-state index is 5.55. The Morgan fingerprint density at radius 3 is 1.79 bits per heavy atom. The molecular weight excluding hydrogens is 186 g/mol. The smallest absolute Gasteiger partial charge is 0.113 e. The first-order valence-electron chi connectivity index (χ1n) is 4.52. The summed E-state index contributed by atoms with van der Waals surface area (Å²) in [6.07, 6.45) is -0.562. The molecule has 0 heterocycles. The van der Waals surface area contributed by atoms with Crippen molar-refractivity contribution in [3.05, 3.63) is 0 Å². The van der Waals surface area contributed by atoms with Gasteiger partial charge in [0.1, 0.15) is 12.2 Å². The van der Waals surface area contributed by atoms with Crippen molar-refractivity contribution in [1.82, 2.24) is 0 Å². The van der Waals surface area contributed by atoms with E-state index in [0.717, 1.165) is 0 Å². The number of rotatable bonds is 8. The third kappa shape index (κ3) is 3.89. The second-order valence-corrected chi connectivity index (χ2v) is 2.94. The summed E-state index contributed by atoms with van der Waals surface area (Å²) in [7, 11) is 6.43. The summed E-state index contributed by atoms with van der Waals surface area (Å²) < 4.78 is 20.7. The van der Waals surface area contributed by atoms with E-state index in [0.29, 0.717) is 13.2 Å². The first-order chi connectivity index (χ1) is 6.74. The molecule has 0 saturated heterocycles. The number of methoxy groups -OCH3 is 4. The van der Waals surface area contributed by atoms with Gasteiger partial charge in [0.2, 0.25) is 0 Å². The predicted molar refractivity (Wildman–Crippen MR) is 53.3 cm³/mol. The van der Waals surface area contributed by atoms with Crippen LogP contribution in [0.2, 0.25) is 0 Å². The third-order valence-corrected chi connectivity index (χ3v) is 2.17. The van der Waals surface area contributed by atoms with Crippen molar-refractivity contribution in [1.29, 1.82) is 0 Å². The molecule has 0 aromatic heterocycles. The van der Waals surface area contributed by atoms with Gasteiger partial charge in [-0.25, -0.2) is 0 Å². The van der Waals surface area contributed by atoms with E-state index in [4.69, 9.17) is 24.7 Å². The molecule has 0 aliphatic rings. The lowest BCUT2D eigenvalue weighted by Crippen LogP contribution is -2.46. The van der Waals surface area contributed by atoms with Crippen LogP contribution in [0.15, 0.2) is 0 Å². The fourth-order valence-corrected chi connectivity index (χ4v) is 1.37. The Labute approximate surface area is 85.5 Å². The average molecular weight is 207 g/mol. The monoisotopic (exact) mass is 207 g/mol. The lowest BCUT2D eigenvalue weighted by molar-refractivity contribution is -0.120. The van der Waals surface area contributed by atoms with Crippen LogP contribution in [0.5, 0.6) is 0 Å². The lowest BCUT2D eigenvalue weighted by atomic mass is 10.1. The molecule has 14 heavy (non-hydrogen) atoms. The van der Waals surface area contributed by atoms with Crippen molar-refractivity contribution in [3.63, 3.8) is 0 Å². The molecule has 5 nitrogen and oxygen atoms in total. The van der Waals surface area contributed by atoms with Crippen LogP contribution in [0.4, 0.5) is 0 Å². The summed E-state index contributed by atoms with van der Waals surface area (Å²) in [5, 5.41) is 0. The van der Waals surface area contributed by atoms with Crippen LogP contribution in [0, 0.1) is 0 Å². The highest BCUT2D eigenvalue weighted by atomic mass is 16.6. The topological polar surface area (TPSA) is 62.9 Å². The maximum Gasteiger partial charge on any atom is 0.113 e. The first-order valence-corrected chi connectivity index (χ1v) is 4.52. The van der Waals surface area contributed by atoms with Crippen molar-refractivity contribution < 1.29 is 18.9 Å². The number of nitrogens with two attached hydrogens (primary N) is 1. The minimum absolute atomic E-state index is 0.168. The van der Waals surface area contributed by atoms with Gasteiger partial charge in [0.05, 0.1) is 12.7 Å². The van der Waals surface area contributed by atoms with Gasteiger partial charge in [0.25, 0.3) is 0 Å². The molecule has 3 atom stereocenters. The SMILES string of the molecule is COCC(OC)C(OC)C(CN)OC. The van der Waals surface area contributed by atoms with Gasteiger partial charge < -0.3 is 24.7 Å². The van der Waals surface area contributed by atoms with Gasteiger partial charge in [-0.3, -0.25) is 0 Å². The zero-order valence-electron chi connectivity index (χ0n) is 9.36. The molecule has 0 rings (SSSR count).